The van der Waals surface area contributed by atoms with Crippen LogP contribution in [0.25, 0.3) is 11.3 Å². The van der Waals surface area contributed by atoms with Gasteiger partial charge in [0.2, 0.25) is 0 Å². The molecule has 2 N–H and O–H groups in total. The lowest BCUT2D eigenvalue weighted by atomic mass is 9.82. The highest BCUT2D eigenvalue weighted by Crippen LogP contribution is 2.34. The lowest BCUT2D eigenvalue weighted by Gasteiger charge is -2.36. The number of benzene rings is 1. The lowest BCUT2D eigenvalue weighted by molar-refractivity contribution is 0.140. The third-order valence-electron chi connectivity index (χ3n) is 6.67. The molecule has 0 aliphatic heterocycles. The summed E-state index contributed by atoms with van der Waals surface area (Å²) in [5.74, 6) is 1.26. The van der Waals surface area contributed by atoms with E-state index in [-0.39, 0.29) is 0 Å². The number of unbranched alkanes of at least 4 members (excludes halogenated alkanes) is 2. The fraction of sp³-hybridized carbons (Fsp3) is 0.692. The van der Waals surface area contributed by atoms with Crippen molar-refractivity contribution in [1.82, 2.24) is 15.0 Å². The largest absolute Gasteiger partial charge is 0.307 e. The molecule has 2 atom stereocenters. The van der Waals surface area contributed by atoms with Crippen LogP contribution < -0.4 is 5.73 Å². The monoisotopic (exact) mass is 412 g/mol. The highest BCUT2D eigenvalue weighted by Gasteiger charge is 2.34. The topological polar surface area (TPSA) is 56.7 Å². The molecule has 0 saturated heterocycles. The van der Waals surface area contributed by atoms with E-state index in [4.69, 9.17) is 5.73 Å². The van der Waals surface area contributed by atoms with Crippen LogP contribution in [0.15, 0.2) is 30.5 Å². The summed E-state index contributed by atoms with van der Waals surface area (Å²) >= 11 is 0. The van der Waals surface area contributed by atoms with Gasteiger partial charge in [0.25, 0.3) is 0 Å². The second-order valence-corrected chi connectivity index (χ2v) is 9.26. The van der Waals surface area contributed by atoms with Gasteiger partial charge in [-0.15, -0.1) is 5.10 Å². The molecule has 4 nitrogen and oxygen atoms in total. The number of nitrogens with zero attached hydrogens (tertiary/aromatic N) is 3. The number of aromatic nitrogens is 3. The number of aryl methyl sites for hydroxylation is 1. The third kappa shape index (κ3) is 6.94. The second kappa shape index (κ2) is 12.2. The molecule has 0 aliphatic carbocycles. The minimum absolute atomic E-state index is 0.473. The Hall–Kier alpha value is -1.68. The molecule has 2 unspecified atom stereocenters. The van der Waals surface area contributed by atoms with E-state index < -0.39 is 5.66 Å². The molecule has 0 aliphatic rings. The molecule has 2 aromatic rings. The number of nitrogens with two attached hydrogens (primary N) is 1. The highest BCUT2D eigenvalue weighted by molar-refractivity contribution is 5.57. The summed E-state index contributed by atoms with van der Waals surface area (Å²) in [5.41, 5.74) is 9.98. The Morgan fingerprint density at radius 2 is 1.43 bits per heavy atom. The Morgan fingerprint density at radius 1 is 0.900 bits per heavy atom. The Balaban J connectivity index is 2.30. The van der Waals surface area contributed by atoms with Crippen LogP contribution in [-0.2, 0) is 5.66 Å². The summed E-state index contributed by atoms with van der Waals surface area (Å²) in [4.78, 5) is 0. The summed E-state index contributed by atoms with van der Waals surface area (Å²) in [7, 11) is 0. The van der Waals surface area contributed by atoms with Crippen molar-refractivity contribution in [3.8, 4) is 11.3 Å². The molecule has 0 spiro atoms. The third-order valence-corrected chi connectivity index (χ3v) is 6.67. The second-order valence-electron chi connectivity index (χ2n) is 9.26. The molecular weight excluding hydrogens is 368 g/mol. The van der Waals surface area contributed by atoms with Crippen molar-refractivity contribution in [2.45, 2.75) is 104 Å². The van der Waals surface area contributed by atoms with Gasteiger partial charge in [0, 0.05) is 5.56 Å². The fourth-order valence-electron chi connectivity index (χ4n) is 4.49. The average Bonchev–Trinajstić information content (AvgIpc) is 3.25. The van der Waals surface area contributed by atoms with E-state index in [9.17, 15) is 0 Å². The summed E-state index contributed by atoms with van der Waals surface area (Å²) in [5, 5.41) is 9.07. The molecular formula is C26H44N4. The van der Waals surface area contributed by atoms with Crippen LogP contribution in [0.5, 0.6) is 0 Å². The number of rotatable bonds is 14. The van der Waals surface area contributed by atoms with E-state index >= 15 is 0 Å². The molecule has 0 amide bonds. The van der Waals surface area contributed by atoms with E-state index in [1.807, 2.05) is 4.68 Å². The summed E-state index contributed by atoms with van der Waals surface area (Å²) in [6.07, 6.45) is 13.9. The zero-order valence-electron chi connectivity index (χ0n) is 20.0. The molecule has 1 aromatic carbocycles. The zero-order chi connectivity index (χ0) is 22.0. The minimum atomic E-state index is -0.473. The van der Waals surface area contributed by atoms with Crippen molar-refractivity contribution in [3.63, 3.8) is 0 Å². The predicted molar refractivity (Wildman–Crippen MR) is 128 cm³/mol. The smallest absolute Gasteiger partial charge is 0.113 e. The van der Waals surface area contributed by atoms with Gasteiger partial charge in [-0.3, -0.25) is 0 Å². The number of hydrogen-bond acceptors (Lipinski definition) is 3. The first-order chi connectivity index (χ1) is 14.5. The van der Waals surface area contributed by atoms with Crippen molar-refractivity contribution in [3.05, 3.63) is 36.0 Å². The van der Waals surface area contributed by atoms with Crippen LogP contribution in [0, 0.1) is 18.8 Å². The molecule has 168 valence electrons. The molecule has 30 heavy (non-hydrogen) atoms. The molecule has 1 heterocycles. The van der Waals surface area contributed by atoms with Crippen molar-refractivity contribution < 1.29 is 0 Å². The van der Waals surface area contributed by atoms with E-state index in [0.717, 1.165) is 24.1 Å². The van der Waals surface area contributed by atoms with Crippen LogP contribution in [0.4, 0.5) is 0 Å². The zero-order valence-corrected chi connectivity index (χ0v) is 20.0. The fourth-order valence-corrected chi connectivity index (χ4v) is 4.49. The summed E-state index contributed by atoms with van der Waals surface area (Å²) < 4.78 is 1.99. The lowest BCUT2D eigenvalue weighted by Crippen LogP contribution is -2.46. The summed E-state index contributed by atoms with van der Waals surface area (Å²) in [6.45, 7) is 11.2. The van der Waals surface area contributed by atoms with Gasteiger partial charge in [0.1, 0.15) is 11.4 Å². The van der Waals surface area contributed by atoms with E-state index in [2.05, 4.69) is 75.4 Å². The standard InChI is InChI=1S/C26H44N4/c1-6-10-12-22(8-3)18-26(27,19-23(9-4)13-11-7-2)30-20-25(28-29-30)24-16-14-21(5)15-17-24/h14-17,20,22-23H,6-13,18-19,27H2,1-5H3. The van der Waals surface area contributed by atoms with Crippen LogP contribution in [0.2, 0.25) is 0 Å². The predicted octanol–water partition coefficient (Wildman–Crippen LogP) is 7.08. The SMILES string of the molecule is CCCCC(CC)CC(N)(CC(CC)CCCC)n1cc(-c2ccc(C)cc2)nn1. The summed E-state index contributed by atoms with van der Waals surface area (Å²) in [6, 6.07) is 8.49. The molecule has 0 bridgehead atoms. The maximum absolute atomic E-state index is 7.19. The normalized spacial score (nSPS) is 15.7. The molecule has 4 heteroatoms. The Morgan fingerprint density at radius 3 is 1.90 bits per heavy atom. The highest BCUT2D eigenvalue weighted by atomic mass is 15.5. The van der Waals surface area contributed by atoms with Crippen molar-refractivity contribution >= 4 is 0 Å². The van der Waals surface area contributed by atoms with Gasteiger partial charge in [0.15, 0.2) is 0 Å². The van der Waals surface area contributed by atoms with Gasteiger partial charge in [-0.2, -0.15) is 0 Å². The molecule has 1 aromatic heterocycles. The maximum Gasteiger partial charge on any atom is 0.113 e. The minimum Gasteiger partial charge on any atom is -0.307 e. The first kappa shape index (κ1) is 24.6. The first-order valence-corrected chi connectivity index (χ1v) is 12.2. The average molecular weight is 413 g/mol. The van der Waals surface area contributed by atoms with Crippen molar-refractivity contribution in [2.24, 2.45) is 17.6 Å². The van der Waals surface area contributed by atoms with Crippen LogP contribution in [0.1, 0.15) is 97.5 Å². The van der Waals surface area contributed by atoms with Gasteiger partial charge in [0.05, 0.1) is 6.20 Å². The van der Waals surface area contributed by atoms with Gasteiger partial charge in [-0.1, -0.05) is 114 Å². The van der Waals surface area contributed by atoms with E-state index in [1.165, 1.54) is 56.9 Å². The Kier molecular flexibility index (Phi) is 10.0. The van der Waals surface area contributed by atoms with Crippen molar-refractivity contribution in [1.29, 1.82) is 0 Å². The van der Waals surface area contributed by atoms with E-state index in [1.54, 1.807) is 0 Å². The maximum atomic E-state index is 7.19. The van der Waals surface area contributed by atoms with Gasteiger partial charge < -0.3 is 5.73 Å². The van der Waals surface area contributed by atoms with Gasteiger partial charge in [-0.05, 0) is 31.6 Å². The van der Waals surface area contributed by atoms with Crippen LogP contribution >= 0.6 is 0 Å². The molecule has 0 radical (unpaired) electrons. The quantitative estimate of drug-likeness (QED) is 0.361. The van der Waals surface area contributed by atoms with Gasteiger partial charge in [-0.25, -0.2) is 4.68 Å². The molecule has 0 fully saturated rings. The van der Waals surface area contributed by atoms with Crippen LogP contribution in [-0.4, -0.2) is 15.0 Å². The Labute approximate surface area is 184 Å². The Bertz CT molecular complexity index is 701. The molecule has 2 rings (SSSR count). The molecule has 0 saturated carbocycles. The van der Waals surface area contributed by atoms with Crippen LogP contribution in [0.3, 0.4) is 0 Å². The number of hydrogen-bond donors (Lipinski definition) is 1. The van der Waals surface area contributed by atoms with Gasteiger partial charge >= 0.3 is 0 Å². The van der Waals surface area contributed by atoms with Crippen molar-refractivity contribution in [2.75, 3.05) is 0 Å². The first-order valence-electron chi connectivity index (χ1n) is 12.2. The van der Waals surface area contributed by atoms with E-state index in [0.29, 0.717) is 11.8 Å².